The lowest BCUT2D eigenvalue weighted by molar-refractivity contribution is -0.123. The summed E-state index contributed by atoms with van der Waals surface area (Å²) in [4.78, 5) is 29.0. The van der Waals surface area contributed by atoms with E-state index in [9.17, 15) is 9.59 Å². The molecule has 154 valence electrons. The average molecular weight is 414 g/mol. The third-order valence-corrected chi connectivity index (χ3v) is 5.47. The molecule has 2 amide bonds. The van der Waals surface area contributed by atoms with Gasteiger partial charge in [-0.25, -0.2) is 0 Å². The summed E-state index contributed by atoms with van der Waals surface area (Å²) in [6.07, 6.45) is 0. The molecule has 1 fully saturated rings. The Morgan fingerprint density at radius 3 is 2.24 bits per heavy atom. The minimum atomic E-state index is -0.467. The lowest BCUT2D eigenvalue weighted by Crippen LogP contribution is -2.49. The first-order valence-electron chi connectivity index (χ1n) is 9.87. The predicted molar refractivity (Wildman–Crippen MR) is 119 cm³/mol. The minimum Gasteiger partial charge on any atom is -0.367 e. The highest BCUT2D eigenvalue weighted by atomic mass is 35.5. The molecule has 1 aliphatic rings. The molecule has 2 aromatic carbocycles. The SMILES string of the molecule is Cc1ccccc1C(=O)N1CCN(c2ccc(NC(=O)C(C)(C)C)cc2Cl)CC1. The zero-order chi connectivity index (χ0) is 21.2. The maximum atomic E-state index is 12.8. The highest BCUT2D eigenvalue weighted by Gasteiger charge is 2.25. The number of benzene rings is 2. The summed E-state index contributed by atoms with van der Waals surface area (Å²) in [7, 11) is 0. The maximum absolute atomic E-state index is 12.8. The first-order valence-corrected chi connectivity index (χ1v) is 10.3. The summed E-state index contributed by atoms with van der Waals surface area (Å²) >= 11 is 6.50. The number of carbonyl (C=O) groups is 2. The molecule has 1 aliphatic heterocycles. The number of amides is 2. The van der Waals surface area contributed by atoms with E-state index in [-0.39, 0.29) is 11.8 Å². The molecule has 3 rings (SSSR count). The first-order chi connectivity index (χ1) is 13.7. The zero-order valence-electron chi connectivity index (χ0n) is 17.5. The van der Waals surface area contributed by atoms with Crippen molar-refractivity contribution < 1.29 is 9.59 Å². The Morgan fingerprint density at radius 1 is 1.00 bits per heavy atom. The van der Waals surface area contributed by atoms with Gasteiger partial charge in [0, 0.05) is 42.8 Å². The van der Waals surface area contributed by atoms with Crippen molar-refractivity contribution in [3.8, 4) is 0 Å². The van der Waals surface area contributed by atoms with Crippen LogP contribution < -0.4 is 10.2 Å². The van der Waals surface area contributed by atoms with E-state index in [0.29, 0.717) is 36.9 Å². The van der Waals surface area contributed by atoms with Crippen molar-refractivity contribution in [3.63, 3.8) is 0 Å². The smallest absolute Gasteiger partial charge is 0.254 e. The van der Waals surface area contributed by atoms with Gasteiger partial charge in [-0.1, -0.05) is 50.6 Å². The zero-order valence-corrected chi connectivity index (χ0v) is 18.2. The summed E-state index contributed by atoms with van der Waals surface area (Å²) in [5, 5.41) is 3.50. The van der Waals surface area contributed by atoms with E-state index in [1.165, 1.54) is 0 Å². The number of rotatable bonds is 3. The van der Waals surface area contributed by atoms with Crippen molar-refractivity contribution >= 4 is 34.8 Å². The number of halogens is 1. The van der Waals surface area contributed by atoms with Gasteiger partial charge in [0.25, 0.3) is 5.91 Å². The van der Waals surface area contributed by atoms with E-state index in [4.69, 9.17) is 11.6 Å². The van der Waals surface area contributed by atoms with E-state index in [1.807, 2.05) is 69.0 Å². The summed E-state index contributed by atoms with van der Waals surface area (Å²) < 4.78 is 0. The van der Waals surface area contributed by atoms with Crippen molar-refractivity contribution in [2.24, 2.45) is 5.41 Å². The molecule has 5 nitrogen and oxygen atoms in total. The summed E-state index contributed by atoms with van der Waals surface area (Å²) in [5.74, 6) is 0.0266. The van der Waals surface area contributed by atoms with Gasteiger partial charge in [0.1, 0.15) is 0 Å². The van der Waals surface area contributed by atoms with Crippen LogP contribution in [0.4, 0.5) is 11.4 Å². The van der Waals surface area contributed by atoms with Crippen LogP contribution in [0.1, 0.15) is 36.7 Å². The minimum absolute atomic E-state index is 0.0513. The highest BCUT2D eigenvalue weighted by Crippen LogP contribution is 2.30. The molecule has 0 saturated carbocycles. The quantitative estimate of drug-likeness (QED) is 0.800. The standard InChI is InChI=1S/C23H28ClN3O2/c1-16-7-5-6-8-18(16)21(28)27-13-11-26(12-14-27)20-10-9-17(15-19(20)24)25-22(29)23(2,3)4/h5-10,15H,11-14H2,1-4H3,(H,25,29). The van der Waals surface area contributed by atoms with Crippen LogP contribution in [0.15, 0.2) is 42.5 Å². The lowest BCUT2D eigenvalue weighted by Gasteiger charge is -2.36. The van der Waals surface area contributed by atoms with Crippen LogP contribution in [-0.4, -0.2) is 42.9 Å². The predicted octanol–water partition coefficient (Wildman–Crippen LogP) is 4.60. The van der Waals surface area contributed by atoms with Gasteiger partial charge in [-0.15, -0.1) is 0 Å². The summed E-state index contributed by atoms with van der Waals surface area (Å²) in [5.41, 5.74) is 2.90. The molecule has 0 atom stereocenters. The molecule has 0 radical (unpaired) electrons. The Balaban J connectivity index is 1.64. The van der Waals surface area contributed by atoms with Gasteiger partial charge in [0.2, 0.25) is 5.91 Å². The van der Waals surface area contributed by atoms with Crippen LogP contribution in [-0.2, 0) is 4.79 Å². The van der Waals surface area contributed by atoms with Gasteiger partial charge in [0.15, 0.2) is 0 Å². The Labute approximate surface area is 177 Å². The Hall–Kier alpha value is -2.53. The van der Waals surface area contributed by atoms with Gasteiger partial charge in [-0.2, -0.15) is 0 Å². The number of aryl methyl sites for hydroxylation is 1. The third-order valence-electron chi connectivity index (χ3n) is 5.17. The van der Waals surface area contributed by atoms with E-state index in [1.54, 1.807) is 6.07 Å². The molecule has 1 heterocycles. The Kier molecular flexibility index (Phi) is 6.18. The largest absolute Gasteiger partial charge is 0.367 e. The molecule has 0 spiro atoms. The normalized spacial score (nSPS) is 14.7. The van der Waals surface area contributed by atoms with Crippen molar-refractivity contribution in [1.82, 2.24) is 4.90 Å². The van der Waals surface area contributed by atoms with Crippen molar-refractivity contribution in [2.45, 2.75) is 27.7 Å². The lowest BCUT2D eigenvalue weighted by atomic mass is 9.95. The maximum Gasteiger partial charge on any atom is 0.254 e. The summed E-state index contributed by atoms with van der Waals surface area (Å²) in [6, 6.07) is 13.3. The fourth-order valence-electron chi connectivity index (χ4n) is 3.29. The fourth-order valence-corrected chi connectivity index (χ4v) is 3.59. The van der Waals surface area contributed by atoms with Gasteiger partial charge < -0.3 is 15.1 Å². The van der Waals surface area contributed by atoms with Gasteiger partial charge in [-0.05, 0) is 36.8 Å². The molecule has 0 bridgehead atoms. The second-order valence-corrected chi connectivity index (χ2v) is 8.87. The van der Waals surface area contributed by atoms with Crippen LogP contribution in [0, 0.1) is 12.3 Å². The van der Waals surface area contributed by atoms with Crippen LogP contribution >= 0.6 is 11.6 Å². The topological polar surface area (TPSA) is 52.7 Å². The molecule has 29 heavy (non-hydrogen) atoms. The number of nitrogens with zero attached hydrogens (tertiary/aromatic N) is 2. The molecule has 1 saturated heterocycles. The van der Waals surface area contributed by atoms with Gasteiger partial charge >= 0.3 is 0 Å². The van der Waals surface area contributed by atoms with Gasteiger partial charge in [0.05, 0.1) is 10.7 Å². The molecule has 2 aromatic rings. The first kappa shape index (κ1) is 21.2. The second kappa shape index (κ2) is 8.46. The number of hydrogen-bond acceptors (Lipinski definition) is 3. The molecular formula is C23H28ClN3O2. The molecule has 0 aromatic heterocycles. The van der Waals surface area contributed by atoms with Crippen LogP contribution in [0.3, 0.4) is 0 Å². The fraction of sp³-hybridized carbons (Fsp3) is 0.391. The average Bonchev–Trinajstić information content (AvgIpc) is 2.67. The number of nitrogens with one attached hydrogen (secondary N) is 1. The van der Waals surface area contributed by atoms with E-state index >= 15 is 0 Å². The number of anilines is 2. The molecule has 1 N–H and O–H groups in total. The second-order valence-electron chi connectivity index (χ2n) is 8.46. The van der Waals surface area contributed by atoms with Crippen LogP contribution in [0.2, 0.25) is 5.02 Å². The number of carbonyl (C=O) groups excluding carboxylic acids is 2. The van der Waals surface area contributed by atoms with E-state index in [0.717, 1.165) is 16.8 Å². The van der Waals surface area contributed by atoms with Crippen molar-refractivity contribution in [1.29, 1.82) is 0 Å². The van der Waals surface area contributed by atoms with Crippen molar-refractivity contribution in [3.05, 3.63) is 58.6 Å². The molecular weight excluding hydrogens is 386 g/mol. The third kappa shape index (κ3) is 4.91. The Bertz CT molecular complexity index is 913. The number of piperazine rings is 1. The Morgan fingerprint density at radius 2 is 1.66 bits per heavy atom. The molecule has 6 heteroatoms. The van der Waals surface area contributed by atoms with E-state index in [2.05, 4.69) is 10.2 Å². The number of hydrogen-bond donors (Lipinski definition) is 1. The van der Waals surface area contributed by atoms with Crippen LogP contribution in [0.5, 0.6) is 0 Å². The summed E-state index contributed by atoms with van der Waals surface area (Å²) in [6.45, 7) is 10.3. The highest BCUT2D eigenvalue weighted by molar-refractivity contribution is 6.33. The van der Waals surface area contributed by atoms with Crippen molar-refractivity contribution in [2.75, 3.05) is 36.4 Å². The van der Waals surface area contributed by atoms with Gasteiger partial charge in [-0.3, -0.25) is 9.59 Å². The molecule has 0 unspecified atom stereocenters. The van der Waals surface area contributed by atoms with Crippen LogP contribution in [0.25, 0.3) is 0 Å². The monoisotopic (exact) mass is 413 g/mol. The molecule has 0 aliphatic carbocycles. The van der Waals surface area contributed by atoms with E-state index < -0.39 is 5.41 Å².